The van der Waals surface area contributed by atoms with E-state index in [2.05, 4.69) is 5.32 Å². The molecule has 9 heteroatoms. The number of halogens is 2. The lowest BCUT2D eigenvalue weighted by Crippen LogP contribution is -2.34. The van der Waals surface area contributed by atoms with Gasteiger partial charge in [0.2, 0.25) is 11.8 Å². The lowest BCUT2D eigenvalue weighted by Gasteiger charge is -2.28. The Bertz CT molecular complexity index is 1090. The molecule has 3 amide bonds. The maximum atomic E-state index is 12.9. The van der Waals surface area contributed by atoms with Gasteiger partial charge in [-0.15, -0.1) is 23.2 Å². The van der Waals surface area contributed by atoms with Gasteiger partial charge in [0.05, 0.1) is 33.8 Å². The number of imide groups is 1. The Morgan fingerprint density at radius 1 is 1.00 bits per heavy atom. The predicted molar refractivity (Wildman–Crippen MR) is 125 cm³/mol. The zero-order valence-corrected chi connectivity index (χ0v) is 19.3. The molecule has 4 atom stereocenters. The minimum atomic E-state index is -0.741. The van der Waals surface area contributed by atoms with Gasteiger partial charge < -0.3 is 10.1 Å². The maximum absolute atomic E-state index is 12.9. The van der Waals surface area contributed by atoms with E-state index in [0.717, 1.165) is 10.5 Å². The average molecular weight is 489 g/mol. The number of carbonyl (C=O) groups excluding carboxylic acids is 4. The van der Waals surface area contributed by atoms with Crippen LogP contribution >= 0.6 is 23.2 Å². The van der Waals surface area contributed by atoms with Crippen LogP contribution in [0.25, 0.3) is 0 Å². The fourth-order valence-corrected chi connectivity index (χ4v) is 4.85. The van der Waals surface area contributed by atoms with E-state index in [1.54, 1.807) is 30.3 Å². The van der Waals surface area contributed by atoms with Crippen molar-refractivity contribution in [1.82, 2.24) is 0 Å². The largest absolute Gasteiger partial charge is 0.452 e. The van der Waals surface area contributed by atoms with Crippen LogP contribution in [0.3, 0.4) is 0 Å². The van der Waals surface area contributed by atoms with Gasteiger partial charge in [-0.1, -0.05) is 18.2 Å². The number of benzene rings is 2. The molecule has 2 aromatic carbocycles. The van der Waals surface area contributed by atoms with E-state index in [1.807, 2.05) is 13.0 Å². The van der Waals surface area contributed by atoms with Gasteiger partial charge >= 0.3 is 5.97 Å². The van der Waals surface area contributed by atoms with E-state index >= 15 is 0 Å². The number of rotatable bonds is 5. The summed E-state index contributed by atoms with van der Waals surface area (Å²) in [5, 5.41) is 1.90. The van der Waals surface area contributed by atoms with Crippen LogP contribution in [0.5, 0.6) is 0 Å². The summed E-state index contributed by atoms with van der Waals surface area (Å²) in [5.74, 6) is -2.95. The number of nitrogens with zero attached hydrogens (tertiary/aromatic N) is 1. The van der Waals surface area contributed by atoms with Crippen molar-refractivity contribution < 1.29 is 23.9 Å². The number of hydrogen-bond acceptors (Lipinski definition) is 5. The lowest BCUT2D eigenvalue weighted by atomic mass is 9.80. The second-order valence-corrected chi connectivity index (χ2v) is 9.39. The minimum absolute atomic E-state index is 0.122. The smallest absolute Gasteiger partial charge is 0.338 e. The quantitative estimate of drug-likeness (QED) is 0.391. The molecule has 1 aliphatic carbocycles. The fourth-order valence-electron chi connectivity index (χ4n) is 4.26. The van der Waals surface area contributed by atoms with Gasteiger partial charge in [-0.2, -0.15) is 0 Å². The summed E-state index contributed by atoms with van der Waals surface area (Å²) in [6.45, 7) is 1.42. The molecule has 33 heavy (non-hydrogen) atoms. The third-order valence-corrected chi connectivity index (χ3v) is 6.98. The summed E-state index contributed by atoms with van der Waals surface area (Å²) < 4.78 is 5.11. The molecule has 1 N–H and O–H groups in total. The van der Waals surface area contributed by atoms with Crippen molar-refractivity contribution in [2.45, 2.75) is 30.5 Å². The normalized spacial score (nSPS) is 24.4. The maximum Gasteiger partial charge on any atom is 0.338 e. The van der Waals surface area contributed by atoms with Gasteiger partial charge in [0.15, 0.2) is 6.61 Å². The van der Waals surface area contributed by atoms with Crippen LogP contribution in [0.1, 0.15) is 28.8 Å². The fraction of sp³-hybridized carbons (Fsp3) is 0.333. The highest BCUT2D eigenvalue weighted by Gasteiger charge is 2.52. The number of hydrogen-bond donors (Lipinski definition) is 1. The number of aryl methyl sites for hydroxylation is 1. The van der Waals surface area contributed by atoms with Crippen LogP contribution < -0.4 is 10.2 Å². The van der Waals surface area contributed by atoms with E-state index in [4.69, 9.17) is 27.9 Å². The first-order valence-corrected chi connectivity index (χ1v) is 11.4. The Balaban J connectivity index is 1.42. The van der Waals surface area contributed by atoms with E-state index in [1.165, 1.54) is 12.1 Å². The van der Waals surface area contributed by atoms with Crippen LogP contribution in [-0.4, -0.2) is 41.1 Å². The summed E-state index contributed by atoms with van der Waals surface area (Å²) in [4.78, 5) is 51.6. The van der Waals surface area contributed by atoms with Crippen molar-refractivity contribution in [1.29, 1.82) is 0 Å². The van der Waals surface area contributed by atoms with Crippen LogP contribution in [0.2, 0.25) is 0 Å². The molecule has 2 aliphatic rings. The lowest BCUT2D eigenvalue weighted by molar-refractivity contribution is -0.122. The molecule has 2 aromatic rings. The topological polar surface area (TPSA) is 92.8 Å². The molecule has 0 spiro atoms. The standard InChI is InChI=1S/C24H22Cl2N2O5/c1-13-4-2-6-15(8-13)27-21(29)12-33-24(32)14-5-3-7-16(9-14)28-22(30)17-10-19(25)20(26)11-18(17)23(28)31/h2-9,17-20H,10-12H2,1H3,(H,27,29)/t17-,18-,19+,20+/m1/s1. The first-order valence-electron chi connectivity index (χ1n) is 10.5. The highest BCUT2D eigenvalue weighted by molar-refractivity contribution is 6.31. The highest BCUT2D eigenvalue weighted by atomic mass is 35.5. The number of carbonyl (C=O) groups is 4. The van der Waals surface area contributed by atoms with Crippen molar-refractivity contribution in [2.24, 2.45) is 11.8 Å². The van der Waals surface area contributed by atoms with Gasteiger partial charge in [-0.3, -0.25) is 19.3 Å². The Labute approximate surface area is 201 Å². The molecule has 0 radical (unpaired) electrons. The molecular formula is C24H22Cl2N2O5. The molecule has 0 aromatic heterocycles. The molecular weight excluding hydrogens is 467 g/mol. The third kappa shape index (κ3) is 4.89. The minimum Gasteiger partial charge on any atom is -0.452 e. The first-order chi connectivity index (χ1) is 15.7. The number of alkyl halides is 2. The van der Waals surface area contributed by atoms with Crippen LogP contribution in [-0.2, 0) is 19.1 Å². The van der Waals surface area contributed by atoms with E-state index in [0.29, 0.717) is 18.5 Å². The summed E-state index contributed by atoms with van der Waals surface area (Å²) in [7, 11) is 0. The molecule has 1 aliphatic heterocycles. The molecule has 172 valence electrons. The van der Waals surface area contributed by atoms with Crippen LogP contribution in [0, 0.1) is 18.8 Å². The number of amides is 3. The van der Waals surface area contributed by atoms with Crippen molar-refractivity contribution >= 4 is 58.3 Å². The Hall–Kier alpha value is -2.90. The highest BCUT2D eigenvalue weighted by Crippen LogP contribution is 2.43. The average Bonchev–Trinajstić information content (AvgIpc) is 3.02. The van der Waals surface area contributed by atoms with Gasteiger partial charge in [-0.05, 0) is 55.7 Å². The van der Waals surface area contributed by atoms with Gasteiger partial charge in [0.25, 0.3) is 5.91 Å². The molecule has 0 bridgehead atoms. The molecule has 0 unspecified atom stereocenters. The van der Waals surface area contributed by atoms with E-state index in [-0.39, 0.29) is 33.8 Å². The number of esters is 1. The molecule has 2 fully saturated rings. The van der Waals surface area contributed by atoms with Gasteiger partial charge in [-0.25, -0.2) is 4.79 Å². The van der Waals surface area contributed by atoms with Crippen molar-refractivity contribution in [2.75, 3.05) is 16.8 Å². The van der Waals surface area contributed by atoms with Crippen molar-refractivity contribution in [3.63, 3.8) is 0 Å². The molecule has 4 rings (SSSR count). The summed E-state index contributed by atoms with van der Waals surface area (Å²) in [6.07, 6.45) is 0.665. The zero-order valence-electron chi connectivity index (χ0n) is 17.8. The van der Waals surface area contributed by atoms with Crippen LogP contribution in [0.4, 0.5) is 11.4 Å². The van der Waals surface area contributed by atoms with E-state index in [9.17, 15) is 19.2 Å². The molecule has 1 saturated carbocycles. The zero-order chi connectivity index (χ0) is 23.7. The Kier molecular flexibility index (Phi) is 6.72. The molecule has 7 nitrogen and oxygen atoms in total. The third-order valence-electron chi connectivity index (χ3n) is 5.89. The van der Waals surface area contributed by atoms with Gasteiger partial charge in [0, 0.05) is 5.69 Å². The SMILES string of the molecule is Cc1cccc(NC(=O)COC(=O)c2cccc(N3C(=O)[C@@H]4C[C@H](Cl)[C@@H](Cl)C[C@H]4C3=O)c2)c1. The number of ether oxygens (including phenoxy) is 1. The van der Waals surface area contributed by atoms with Crippen molar-refractivity contribution in [3.8, 4) is 0 Å². The predicted octanol–water partition coefficient (Wildman–Crippen LogP) is 3.90. The second-order valence-electron chi connectivity index (χ2n) is 8.27. The number of fused-ring (bicyclic) bond motifs is 1. The first kappa shape index (κ1) is 23.3. The number of anilines is 2. The number of nitrogens with one attached hydrogen (secondary N) is 1. The second kappa shape index (κ2) is 9.53. The van der Waals surface area contributed by atoms with Crippen LogP contribution in [0.15, 0.2) is 48.5 Å². The summed E-state index contributed by atoms with van der Waals surface area (Å²) >= 11 is 12.4. The Morgan fingerprint density at radius 2 is 1.64 bits per heavy atom. The monoisotopic (exact) mass is 488 g/mol. The Morgan fingerprint density at radius 3 is 2.27 bits per heavy atom. The summed E-state index contributed by atoms with van der Waals surface area (Å²) in [6, 6.07) is 13.3. The molecule has 1 saturated heterocycles. The van der Waals surface area contributed by atoms with Gasteiger partial charge in [0.1, 0.15) is 0 Å². The molecule has 1 heterocycles. The van der Waals surface area contributed by atoms with Crippen molar-refractivity contribution in [3.05, 3.63) is 59.7 Å². The summed E-state index contributed by atoms with van der Waals surface area (Å²) in [5.41, 5.74) is 1.98. The van der Waals surface area contributed by atoms with E-state index < -0.39 is 30.3 Å².